The molecule has 9 heteroatoms. The van der Waals surface area contributed by atoms with Crippen molar-refractivity contribution < 1.29 is 33.8 Å². The van der Waals surface area contributed by atoms with E-state index in [4.69, 9.17) is 14.6 Å². The molecule has 0 fully saturated rings. The summed E-state index contributed by atoms with van der Waals surface area (Å²) in [5.41, 5.74) is 0.274. The maximum atomic E-state index is 12.8. The molecule has 45 heavy (non-hydrogen) atoms. The lowest BCUT2D eigenvalue weighted by molar-refractivity contribution is -0.159. The molecule has 0 bridgehead atoms. The SMILES string of the molecule is CC(C)(C)OC(=O)[C@H](CCCCNC(=O)OCc1ccccc1)NC(=O)CCCCCCCCCCCCCCCCC(=O)O. The summed E-state index contributed by atoms with van der Waals surface area (Å²) in [5, 5.41) is 14.3. The van der Waals surface area contributed by atoms with Crippen molar-refractivity contribution in [1.82, 2.24) is 10.6 Å². The number of alkyl carbamates (subject to hydrolysis) is 1. The van der Waals surface area contributed by atoms with Crippen LogP contribution in [0.15, 0.2) is 30.3 Å². The fourth-order valence-electron chi connectivity index (χ4n) is 5.01. The largest absolute Gasteiger partial charge is 0.481 e. The van der Waals surface area contributed by atoms with E-state index < -0.39 is 29.7 Å². The van der Waals surface area contributed by atoms with Crippen molar-refractivity contribution in [1.29, 1.82) is 0 Å². The van der Waals surface area contributed by atoms with Gasteiger partial charge < -0.3 is 25.2 Å². The van der Waals surface area contributed by atoms with Gasteiger partial charge in [0.25, 0.3) is 0 Å². The van der Waals surface area contributed by atoms with E-state index in [9.17, 15) is 19.2 Å². The molecule has 0 aliphatic carbocycles. The monoisotopic (exact) mass is 632 g/mol. The van der Waals surface area contributed by atoms with Crippen molar-refractivity contribution in [3.05, 3.63) is 35.9 Å². The Morgan fingerprint density at radius 2 is 1.22 bits per heavy atom. The molecule has 1 rings (SSSR count). The molecule has 1 aromatic rings. The lowest BCUT2D eigenvalue weighted by Gasteiger charge is -2.24. The van der Waals surface area contributed by atoms with Gasteiger partial charge in [0, 0.05) is 19.4 Å². The average Bonchev–Trinajstić information content (AvgIpc) is 2.98. The molecule has 3 N–H and O–H groups in total. The lowest BCUT2D eigenvalue weighted by atomic mass is 10.0. The molecule has 2 amide bonds. The molecule has 1 atom stereocenters. The zero-order valence-electron chi connectivity index (χ0n) is 28.2. The third-order valence-corrected chi connectivity index (χ3v) is 7.47. The minimum atomic E-state index is -0.710. The minimum Gasteiger partial charge on any atom is -0.481 e. The summed E-state index contributed by atoms with van der Waals surface area (Å²) in [4.78, 5) is 47.9. The zero-order chi connectivity index (χ0) is 33.2. The summed E-state index contributed by atoms with van der Waals surface area (Å²) < 4.78 is 10.8. The van der Waals surface area contributed by atoms with E-state index in [1.165, 1.54) is 51.4 Å². The molecule has 1 aromatic carbocycles. The van der Waals surface area contributed by atoms with Gasteiger partial charge in [-0.15, -0.1) is 0 Å². The van der Waals surface area contributed by atoms with Crippen molar-refractivity contribution >= 4 is 23.9 Å². The number of hydrogen-bond donors (Lipinski definition) is 3. The Labute approximate surface area is 271 Å². The van der Waals surface area contributed by atoms with Crippen LogP contribution in [0.5, 0.6) is 0 Å². The Bertz CT molecular complexity index is 946. The third kappa shape index (κ3) is 24.9. The standard InChI is InChI=1S/C36H60N2O7/c1-36(2,3)45-34(42)31(25-21-22-28-37-35(43)44-29-30-23-17-16-18-24-30)38-32(39)26-19-14-12-10-8-6-4-5-7-9-11-13-15-20-27-33(40)41/h16-18,23-24,31H,4-15,19-22,25-29H2,1-3H3,(H,37,43)(H,38,39)(H,40,41)/t31-/m0/s1. The number of ether oxygens (including phenoxy) is 2. The number of hydrogen-bond acceptors (Lipinski definition) is 6. The number of benzene rings is 1. The number of nitrogens with one attached hydrogen (secondary N) is 2. The molecule has 0 unspecified atom stereocenters. The number of carboxylic acids is 1. The van der Waals surface area contributed by atoms with Gasteiger partial charge in [0.15, 0.2) is 0 Å². The van der Waals surface area contributed by atoms with Crippen LogP contribution in [0, 0.1) is 0 Å². The van der Waals surface area contributed by atoms with Crippen molar-refractivity contribution in [2.24, 2.45) is 0 Å². The van der Waals surface area contributed by atoms with Gasteiger partial charge in [0.05, 0.1) is 0 Å². The summed E-state index contributed by atoms with van der Waals surface area (Å²) in [6.45, 7) is 6.06. The van der Waals surface area contributed by atoms with Crippen molar-refractivity contribution in [3.63, 3.8) is 0 Å². The van der Waals surface area contributed by atoms with Gasteiger partial charge in [-0.05, 0) is 58.4 Å². The highest BCUT2D eigenvalue weighted by atomic mass is 16.6. The number of unbranched alkanes of at least 4 members (excludes halogenated alkanes) is 14. The highest BCUT2D eigenvalue weighted by molar-refractivity contribution is 5.84. The van der Waals surface area contributed by atoms with E-state index in [2.05, 4.69) is 10.6 Å². The molecule has 0 radical (unpaired) electrons. The van der Waals surface area contributed by atoms with Crippen LogP contribution < -0.4 is 10.6 Å². The van der Waals surface area contributed by atoms with Gasteiger partial charge in [-0.3, -0.25) is 9.59 Å². The minimum absolute atomic E-state index is 0.129. The number of amides is 2. The molecule has 256 valence electrons. The van der Waals surface area contributed by atoms with Gasteiger partial charge >= 0.3 is 18.0 Å². The fourth-order valence-corrected chi connectivity index (χ4v) is 5.01. The average molecular weight is 633 g/mol. The van der Waals surface area contributed by atoms with Crippen LogP contribution in [-0.4, -0.2) is 47.2 Å². The van der Waals surface area contributed by atoms with Crippen LogP contribution in [0.2, 0.25) is 0 Å². The molecule has 0 aliphatic heterocycles. The second-order valence-corrected chi connectivity index (χ2v) is 13.0. The molecular formula is C36H60N2O7. The molecular weight excluding hydrogens is 572 g/mol. The van der Waals surface area contributed by atoms with E-state index in [0.717, 1.165) is 44.1 Å². The predicted molar refractivity (Wildman–Crippen MR) is 178 cm³/mol. The highest BCUT2D eigenvalue weighted by Gasteiger charge is 2.26. The van der Waals surface area contributed by atoms with Crippen molar-refractivity contribution in [3.8, 4) is 0 Å². The number of carbonyl (C=O) groups excluding carboxylic acids is 3. The molecule has 9 nitrogen and oxygen atoms in total. The normalized spacial score (nSPS) is 11.9. The van der Waals surface area contributed by atoms with E-state index in [0.29, 0.717) is 38.6 Å². The van der Waals surface area contributed by atoms with Crippen LogP contribution in [0.4, 0.5) is 4.79 Å². The van der Waals surface area contributed by atoms with Gasteiger partial charge in [0.1, 0.15) is 18.2 Å². The molecule has 0 saturated carbocycles. The molecule has 0 heterocycles. The molecule has 0 saturated heterocycles. The topological polar surface area (TPSA) is 131 Å². The first-order valence-corrected chi connectivity index (χ1v) is 17.3. The second-order valence-electron chi connectivity index (χ2n) is 13.0. The van der Waals surface area contributed by atoms with E-state index >= 15 is 0 Å². The Morgan fingerprint density at radius 3 is 1.73 bits per heavy atom. The number of carbonyl (C=O) groups is 4. The predicted octanol–water partition coefficient (Wildman–Crippen LogP) is 8.24. The number of esters is 1. The van der Waals surface area contributed by atoms with Gasteiger partial charge in [-0.2, -0.15) is 0 Å². The summed E-state index contributed by atoms with van der Waals surface area (Å²) in [6.07, 6.45) is 17.7. The summed E-state index contributed by atoms with van der Waals surface area (Å²) in [7, 11) is 0. The molecule has 0 aromatic heterocycles. The Hall–Kier alpha value is -3.10. The summed E-state index contributed by atoms with van der Waals surface area (Å²) in [5.74, 6) is -1.25. The van der Waals surface area contributed by atoms with Crippen LogP contribution >= 0.6 is 0 Å². The van der Waals surface area contributed by atoms with Crippen molar-refractivity contribution in [2.45, 2.75) is 161 Å². The summed E-state index contributed by atoms with van der Waals surface area (Å²) in [6, 6.07) is 8.76. The maximum absolute atomic E-state index is 12.8. The van der Waals surface area contributed by atoms with E-state index in [-0.39, 0.29) is 12.5 Å². The summed E-state index contributed by atoms with van der Waals surface area (Å²) >= 11 is 0. The van der Waals surface area contributed by atoms with Gasteiger partial charge in [-0.25, -0.2) is 9.59 Å². The maximum Gasteiger partial charge on any atom is 0.407 e. The smallest absolute Gasteiger partial charge is 0.407 e. The van der Waals surface area contributed by atoms with Crippen molar-refractivity contribution in [2.75, 3.05) is 6.54 Å². The fraction of sp³-hybridized carbons (Fsp3) is 0.722. The number of carboxylic acid groups (broad SMARTS) is 1. The third-order valence-electron chi connectivity index (χ3n) is 7.47. The van der Waals surface area contributed by atoms with E-state index in [1.54, 1.807) is 0 Å². The zero-order valence-corrected chi connectivity index (χ0v) is 28.2. The first-order valence-electron chi connectivity index (χ1n) is 17.3. The first kappa shape index (κ1) is 39.9. The molecule has 0 spiro atoms. The van der Waals surface area contributed by atoms with Gasteiger partial charge in [0.2, 0.25) is 5.91 Å². The quantitative estimate of drug-likeness (QED) is 0.0692. The Balaban J connectivity index is 2.14. The molecule has 0 aliphatic rings. The van der Waals surface area contributed by atoms with E-state index in [1.807, 2.05) is 51.1 Å². The first-order chi connectivity index (χ1) is 21.6. The number of aliphatic carboxylic acids is 1. The van der Waals surface area contributed by atoms with Crippen LogP contribution in [-0.2, 0) is 30.5 Å². The van der Waals surface area contributed by atoms with Gasteiger partial charge in [-0.1, -0.05) is 107 Å². The highest BCUT2D eigenvalue weighted by Crippen LogP contribution is 2.15. The Morgan fingerprint density at radius 1 is 0.711 bits per heavy atom. The second kappa shape index (κ2) is 25.1. The van der Waals surface area contributed by atoms with Crippen LogP contribution in [0.1, 0.15) is 148 Å². The van der Waals surface area contributed by atoms with Crippen LogP contribution in [0.3, 0.4) is 0 Å². The van der Waals surface area contributed by atoms with Crippen LogP contribution in [0.25, 0.3) is 0 Å². The Kier molecular flexibility index (Phi) is 22.3. The lowest BCUT2D eigenvalue weighted by Crippen LogP contribution is -2.44. The number of rotatable bonds is 26.